The molecule has 0 spiro atoms. The normalized spacial score (nSPS) is 13.6. The number of carbonyl (C=O) groups excluding carboxylic acids is 1. The second-order valence-electron chi connectivity index (χ2n) is 4.43. The summed E-state index contributed by atoms with van der Waals surface area (Å²) in [5.74, 6) is -0.184. The maximum Gasteiger partial charge on any atom is 0.258 e. The van der Waals surface area contributed by atoms with Crippen LogP contribution >= 0.6 is 11.6 Å². The van der Waals surface area contributed by atoms with Crippen LogP contribution < -0.4 is 9.64 Å². The molecule has 3 nitrogen and oxygen atoms in total. The topological polar surface area (TPSA) is 29.5 Å². The van der Waals surface area contributed by atoms with Crippen LogP contribution in [0.5, 0.6) is 5.75 Å². The fourth-order valence-electron chi connectivity index (χ4n) is 2.18. The van der Waals surface area contributed by atoms with Crippen LogP contribution in [-0.2, 0) is 0 Å². The minimum Gasteiger partial charge on any atom is -0.489 e. The Kier molecular flexibility index (Phi) is 3.32. The molecule has 0 atom stereocenters. The molecular weight excluding hydrogens is 281 g/mol. The Morgan fingerprint density at radius 3 is 2.90 bits per heavy atom. The Morgan fingerprint density at radius 2 is 2.10 bits per heavy atom. The van der Waals surface area contributed by atoms with Crippen molar-refractivity contribution >= 4 is 23.2 Å². The fourth-order valence-corrected chi connectivity index (χ4v) is 2.37. The number of rotatable bonds is 1. The maximum atomic E-state index is 13.2. The highest BCUT2D eigenvalue weighted by molar-refractivity contribution is 6.31. The van der Waals surface area contributed by atoms with E-state index in [4.69, 9.17) is 16.3 Å². The second kappa shape index (κ2) is 5.13. The number of anilines is 1. The number of carbonyl (C=O) groups is 1. The molecule has 0 saturated carbocycles. The lowest BCUT2D eigenvalue weighted by molar-refractivity contribution is 0.0976. The van der Waals surface area contributed by atoms with Crippen molar-refractivity contribution in [3.05, 3.63) is 58.9 Å². The minimum absolute atomic E-state index is 0.177. The number of halogens is 2. The summed E-state index contributed by atoms with van der Waals surface area (Å²) >= 11 is 5.90. The van der Waals surface area contributed by atoms with Crippen LogP contribution in [0.3, 0.4) is 0 Å². The molecule has 3 rings (SSSR count). The Bertz CT molecular complexity index is 675. The van der Waals surface area contributed by atoms with E-state index in [1.807, 2.05) is 0 Å². The van der Waals surface area contributed by atoms with Crippen LogP contribution in [0.2, 0.25) is 5.02 Å². The summed E-state index contributed by atoms with van der Waals surface area (Å²) in [6, 6.07) is 10.9. The maximum absolute atomic E-state index is 13.2. The van der Waals surface area contributed by atoms with Gasteiger partial charge in [-0.25, -0.2) is 4.39 Å². The number of hydrogen-bond donors (Lipinski definition) is 0. The van der Waals surface area contributed by atoms with Crippen molar-refractivity contribution in [1.29, 1.82) is 0 Å². The first kappa shape index (κ1) is 12.9. The zero-order chi connectivity index (χ0) is 14.1. The zero-order valence-corrected chi connectivity index (χ0v) is 11.2. The molecule has 1 aliphatic rings. The van der Waals surface area contributed by atoms with Gasteiger partial charge in [-0.05, 0) is 30.3 Å². The van der Waals surface area contributed by atoms with Crippen molar-refractivity contribution in [3.63, 3.8) is 0 Å². The highest BCUT2D eigenvalue weighted by atomic mass is 35.5. The molecule has 2 aromatic carbocycles. The number of benzene rings is 2. The molecule has 20 heavy (non-hydrogen) atoms. The van der Waals surface area contributed by atoms with E-state index >= 15 is 0 Å². The quantitative estimate of drug-likeness (QED) is 0.804. The first-order valence-electron chi connectivity index (χ1n) is 6.15. The van der Waals surface area contributed by atoms with Crippen molar-refractivity contribution in [2.45, 2.75) is 0 Å². The summed E-state index contributed by atoms with van der Waals surface area (Å²) in [6.45, 7) is 0.757. The third-order valence-electron chi connectivity index (χ3n) is 3.10. The number of nitrogens with zero attached hydrogens (tertiary/aromatic N) is 1. The van der Waals surface area contributed by atoms with E-state index in [9.17, 15) is 9.18 Å². The lowest BCUT2D eigenvalue weighted by atomic mass is 10.1. The van der Waals surface area contributed by atoms with Crippen LogP contribution in [0, 0.1) is 5.82 Å². The molecule has 1 amide bonds. The van der Waals surface area contributed by atoms with Crippen molar-refractivity contribution in [3.8, 4) is 5.75 Å². The van der Waals surface area contributed by atoms with E-state index in [0.717, 1.165) is 0 Å². The Hall–Kier alpha value is -2.07. The average molecular weight is 292 g/mol. The first-order chi connectivity index (χ1) is 9.65. The average Bonchev–Trinajstić information content (AvgIpc) is 2.45. The molecule has 0 aliphatic carbocycles. The Morgan fingerprint density at radius 1 is 1.25 bits per heavy atom. The van der Waals surface area contributed by atoms with Gasteiger partial charge in [0.1, 0.15) is 18.2 Å². The van der Waals surface area contributed by atoms with Crippen molar-refractivity contribution in [2.75, 3.05) is 18.1 Å². The SMILES string of the molecule is O=C(c1cccc(Cl)c1)N1CCOc2cc(F)ccc21. The summed E-state index contributed by atoms with van der Waals surface area (Å²) in [6.07, 6.45) is 0. The molecule has 102 valence electrons. The zero-order valence-electron chi connectivity index (χ0n) is 10.5. The molecule has 1 heterocycles. The molecule has 0 fully saturated rings. The van der Waals surface area contributed by atoms with Crippen molar-refractivity contribution in [1.82, 2.24) is 0 Å². The lowest BCUT2D eigenvalue weighted by Crippen LogP contribution is -2.38. The summed E-state index contributed by atoms with van der Waals surface area (Å²) in [5.41, 5.74) is 1.07. The van der Waals surface area contributed by atoms with E-state index in [1.54, 1.807) is 35.2 Å². The largest absolute Gasteiger partial charge is 0.489 e. The van der Waals surface area contributed by atoms with Gasteiger partial charge in [-0.15, -0.1) is 0 Å². The molecule has 0 radical (unpaired) electrons. The van der Waals surface area contributed by atoms with Crippen LogP contribution in [-0.4, -0.2) is 19.1 Å². The molecule has 0 bridgehead atoms. The van der Waals surface area contributed by atoms with E-state index in [-0.39, 0.29) is 11.7 Å². The monoisotopic (exact) mass is 291 g/mol. The summed E-state index contributed by atoms with van der Waals surface area (Å²) in [4.78, 5) is 14.1. The van der Waals surface area contributed by atoms with E-state index in [0.29, 0.717) is 35.2 Å². The third-order valence-corrected chi connectivity index (χ3v) is 3.34. The molecule has 0 saturated heterocycles. The van der Waals surface area contributed by atoms with Gasteiger partial charge >= 0.3 is 0 Å². The number of fused-ring (bicyclic) bond motifs is 1. The van der Waals surface area contributed by atoms with E-state index in [1.165, 1.54) is 12.1 Å². The van der Waals surface area contributed by atoms with Crippen LogP contribution in [0.1, 0.15) is 10.4 Å². The van der Waals surface area contributed by atoms with Crippen LogP contribution in [0.25, 0.3) is 0 Å². The van der Waals surface area contributed by atoms with Gasteiger partial charge in [0, 0.05) is 16.7 Å². The van der Waals surface area contributed by atoms with Gasteiger partial charge in [-0.1, -0.05) is 17.7 Å². The van der Waals surface area contributed by atoms with Gasteiger partial charge in [0.2, 0.25) is 0 Å². The molecule has 1 aliphatic heterocycles. The third kappa shape index (κ3) is 2.34. The number of hydrogen-bond acceptors (Lipinski definition) is 2. The highest BCUT2D eigenvalue weighted by Gasteiger charge is 2.25. The van der Waals surface area contributed by atoms with Gasteiger partial charge in [0.25, 0.3) is 5.91 Å². The summed E-state index contributed by atoms with van der Waals surface area (Å²) in [7, 11) is 0. The summed E-state index contributed by atoms with van der Waals surface area (Å²) < 4.78 is 18.6. The molecular formula is C15H11ClFNO2. The fraction of sp³-hybridized carbons (Fsp3) is 0.133. The van der Waals surface area contributed by atoms with Gasteiger partial charge < -0.3 is 9.64 Å². The van der Waals surface area contributed by atoms with Crippen molar-refractivity contribution in [2.24, 2.45) is 0 Å². The van der Waals surface area contributed by atoms with Gasteiger partial charge in [0.15, 0.2) is 0 Å². The standard InChI is InChI=1S/C15H11ClFNO2/c16-11-3-1-2-10(8-11)15(19)18-6-7-20-14-9-12(17)4-5-13(14)18/h1-5,8-9H,6-7H2. The molecule has 0 unspecified atom stereocenters. The van der Waals surface area contributed by atoms with Gasteiger partial charge in [-0.3, -0.25) is 4.79 Å². The van der Waals surface area contributed by atoms with Gasteiger partial charge in [-0.2, -0.15) is 0 Å². The molecule has 5 heteroatoms. The minimum atomic E-state index is -0.388. The van der Waals surface area contributed by atoms with Crippen LogP contribution in [0.4, 0.5) is 10.1 Å². The first-order valence-corrected chi connectivity index (χ1v) is 6.53. The van der Waals surface area contributed by atoms with E-state index in [2.05, 4.69) is 0 Å². The van der Waals surface area contributed by atoms with Crippen LogP contribution in [0.15, 0.2) is 42.5 Å². The number of ether oxygens (including phenoxy) is 1. The lowest BCUT2D eigenvalue weighted by Gasteiger charge is -2.29. The molecule has 0 N–H and O–H groups in total. The Labute approximate surface area is 120 Å². The molecule has 0 aromatic heterocycles. The van der Waals surface area contributed by atoms with E-state index < -0.39 is 0 Å². The molecule has 2 aromatic rings. The highest BCUT2D eigenvalue weighted by Crippen LogP contribution is 2.33. The number of amides is 1. The predicted octanol–water partition coefficient (Wildman–Crippen LogP) is 3.52. The van der Waals surface area contributed by atoms with Crippen molar-refractivity contribution < 1.29 is 13.9 Å². The summed E-state index contributed by atoms with van der Waals surface area (Å²) in [5, 5.41) is 0.503. The second-order valence-corrected chi connectivity index (χ2v) is 4.86. The smallest absolute Gasteiger partial charge is 0.258 e. The van der Waals surface area contributed by atoms with Gasteiger partial charge in [0.05, 0.1) is 12.2 Å². The predicted molar refractivity (Wildman–Crippen MR) is 75.0 cm³/mol. The Balaban J connectivity index is 1.98.